The molecule has 4 rings (SSSR count). The van der Waals surface area contributed by atoms with E-state index in [2.05, 4.69) is 0 Å². The van der Waals surface area contributed by atoms with Crippen LogP contribution in [-0.4, -0.2) is 22.8 Å². The van der Waals surface area contributed by atoms with Crippen molar-refractivity contribution in [1.82, 2.24) is 4.90 Å². The van der Waals surface area contributed by atoms with Crippen molar-refractivity contribution in [2.75, 3.05) is 0 Å². The Morgan fingerprint density at radius 3 is 2.75 bits per heavy atom. The molecule has 0 aromatic heterocycles. The van der Waals surface area contributed by atoms with Crippen LogP contribution in [0, 0.1) is 5.92 Å². The van der Waals surface area contributed by atoms with Crippen molar-refractivity contribution in [3.05, 3.63) is 35.4 Å². The first-order valence-corrected chi connectivity index (χ1v) is 5.73. The topological polar surface area (TPSA) is 37.4 Å². The molecule has 2 fully saturated rings. The number of rotatable bonds is 0. The summed E-state index contributed by atoms with van der Waals surface area (Å²) in [5.74, 6) is 0.480. The molecule has 3 heteroatoms. The molecule has 0 spiro atoms. The van der Waals surface area contributed by atoms with Gasteiger partial charge >= 0.3 is 0 Å². The van der Waals surface area contributed by atoms with Gasteiger partial charge in [-0.15, -0.1) is 0 Å². The second-order valence-corrected chi connectivity index (χ2v) is 4.94. The third kappa shape index (κ3) is 0.775. The van der Waals surface area contributed by atoms with E-state index >= 15 is 0 Å². The van der Waals surface area contributed by atoms with Crippen LogP contribution in [0.25, 0.3) is 0 Å². The van der Waals surface area contributed by atoms with Gasteiger partial charge in [-0.1, -0.05) is 18.2 Å². The van der Waals surface area contributed by atoms with E-state index in [1.165, 1.54) is 4.90 Å². The zero-order valence-electron chi connectivity index (χ0n) is 8.72. The Kier molecular flexibility index (Phi) is 1.35. The van der Waals surface area contributed by atoms with Crippen LogP contribution < -0.4 is 0 Å². The number of carbonyl (C=O) groups is 2. The predicted octanol–water partition coefficient (Wildman–Crippen LogP) is 1.54. The normalized spacial score (nSPS) is 34.5. The van der Waals surface area contributed by atoms with Crippen molar-refractivity contribution in [3.63, 3.8) is 0 Å². The van der Waals surface area contributed by atoms with E-state index in [9.17, 15) is 9.59 Å². The highest BCUT2D eigenvalue weighted by molar-refractivity contribution is 6.09. The van der Waals surface area contributed by atoms with Crippen molar-refractivity contribution in [3.8, 4) is 0 Å². The van der Waals surface area contributed by atoms with Crippen molar-refractivity contribution < 1.29 is 9.59 Å². The third-order valence-electron chi connectivity index (χ3n) is 4.26. The molecular weight excluding hydrogens is 202 g/mol. The molecule has 0 radical (unpaired) electrons. The van der Waals surface area contributed by atoms with Crippen LogP contribution >= 0.6 is 0 Å². The molecule has 16 heavy (non-hydrogen) atoms. The van der Waals surface area contributed by atoms with E-state index < -0.39 is 0 Å². The van der Waals surface area contributed by atoms with Gasteiger partial charge in [-0.05, 0) is 24.5 Å². The van der Waals surface area contributed by atoms with Gasteiger partial charge in [0.25, 0.3) is 5.91 Å². The van der Waals surface area contributed by atoms with E-state index in [0.717, 1.165) is 24.0 Å². The van der Waals surface area contributed by atoms with Crippen LogP contribution in [0.2, 0.25) is 0 Å². The maximum Gasteiger partial charge on any atom is 0.261 e. The molecule has 3 nitrogen and oxygen atoms in total. The first-order chi connectivity index (χ1) is 7.77. The summed E-state index contributed by atoms with van der Waals surface area (Å²) in [4.78, 5) is 25.6. The molecule has 2 aliphatic heterocycles. The van der Waals surface area contributed by atoms with Gasteiger partial charge < -0.3 is 0 Å². The quantitative estimate of drug-likeness (QED) is 0.613. The summed E-state index contributed by atoms with van der Waals surface area (Å²) in [6.45, 7) is 0. The summed E-state index contributed by atoms with van der Waals surface area (Å²) in [6.07, 6.45) is 1.81. The SMILES string of the molecule is O=C1c2ccccc2C2CC3CC2N1C3=O. The lowest BCUT2D eigenvalue weighted by Crippen LogP contribution is -2.48. The highest BCUT2D eigenvalue weighted by atomic mass is 16.2. The Morgan fingerprint density at radius 1 is 1.12 bits per heavy atom. The maximum absolute atomic E-state index is 12.2. The smallest absolute Gasteiger partial charge is 0.261 e. The molecular formula is C13H11NO2. The molecule has 80 valence electrons. The molecule has 3 aliphatic rings. The molecule has 0 N–H and O–H groups in total. The van der Waals surface area contributed by atoms with E-state index in [0.29, 0.717) is 5.92 Å². The van der Waals surface area contributed by atoms with Gasteiger partial charge in [0.05, 0.1) is 0 Å². The standard InChI is InChI=1S/C13H11NO2/c15-12-7-5-10-8-3-1-2-4-9(8)13(16)14(12)11(10)6-7/h1-4,7,10-11H,5-6H2. The minimum Gasteiger partial charge on any atom is -0.274 e. The Balaban J connectivity index is 1.98. The summed E-state index contributed by atoms with van der Waals surface area (Å²) in [6, 6.07) is 7.89. The predicted molar refractivity (Wildman–Crippen MR) is 56.9 cm³/mol. The average molecular weight is 213 g/mol. The summed E-state index contributed by atoms with van der Waals surface area (Å²) >= 11 is 0. The number of nitrogens with zero attached hydrogens (tertiary/aromatic N) is 1. The van der Waals surface area contributed by atoms with Gasteiger partial charge in [0.15, 0.2) is 0 Å². The zero-order valence-corrected chi connectivity index (χ0v) is 8.72. The van der Waals surface area contributed by atoms with Crippen LogP contribution in [0.1, 0.15) is 34.7 Å². The van der Waals surface area contributed by atoms with Crippen LogP contribution in [0.4, 0.5) is 0 Å². The number of carbonyl (C=O) groups excluding carboxylic acids is 2. The molecule has 1 aromatic carbocycles. The lowest BCUT2D eigenvalue weighted by Gasteiger charge is -2.37. The van der Waals surface area contributed by atoms with Crippen molar-refractivity contribution >= 4 is 11.8 Å². The molecule has 1 aromatic rings. The van der Waals surface area contributed by atoms with Gasteiger partial charge in [-0.2, -0.15) is 0 Å². The Bertz CT molecular complexity index is 522. The van der Waals surface area contributed by atoms with Gasteiger partial charge in [0.1, 0.15) is 0 Å². The Morgan fingerprint density at radius 2 is 1.94 bits per heavy atom. The molecule has 2 heterocycles. The van der Waals surface area contributed by atoms with Crippen LogP contribution in [0.3, 0.4) is 0 Å². The molecule has 1 saturated carbocycles. The van der Waals surface area contributed by atoms with E-state index in [4.69, 9.17) is 0 Å². The van der Waals surface area contributed by atoms with Gasteiger partial charge in [-0.25, -0.2) is 0 Å². The number of fused-ring (bicyclic) bond motifs is 3. The van der Waals surface area contributed by atoms with E-state index in [1.54, 1.807) is 0 Å². The lowest BCUT2D eigenvalue weighted by molar-refractivity contribution is -0.132. The number of hydrogen-bond acceptors (Lipinski definition) is 2. The molecule has 3 atom stereocenters. The summed E-state index contributed by atoms with van der Waals surface area (Å²) in [5.41, 5.74) is 1.89. The number of amides is 2. The number of hydrogen-bond donors (Lipinski definition) is 0. The average Bonchev–Trinajstić information content (AvgIpc) is 2.86. The molecule has 2 amide bonds. The second kappa shape index (κ2) is 2.54. The fraction of sp³-hybridized carbons (Fsp3) is 0.385. The first-order valence-electron chi connectivity index (χ1n) is 5.73. The first kappa shape index (κ1) is 8.50. The zero-order chi connectivity index (χ0) is 10.9. The van der Waals surface area contributed by atoms with Crippen molar-refractivity contribution in [2.45, 2.75) is 24.8 Å². The highest BCUT2D eigenvalue weighted by Crippen LogP contribution is 2.51. The van der Waals surface area contributed by atoms with Crippen LogP contribution in [0.5, 0.6) is 0 Å². The maximum atomic E-state index is 12.2. The monoisotopic (exact) mass is 213 g/mol. The Labute approximate surface area is 93.1 Å². The van der Waals surface area contributed by atoms with E-state index in [1.807, 2.05) is 24.3 Å². The molecule has 3 unspecified atom stereocenters. The van der Waals surface area contributed by atoms with E-state index in [-0.39, 0.29) is 23.8 Å². The number of imide groups is 1. The summed E-state index contributed by atoms with van der Waals surface area (Å²) < 4.78 is 0. The fourth-order valence-corrected chi connectivity index (χ4v) is 3.59. The minimum atomic E-state index is -0.0796. The molecule has 1 saturated heterocycles. The van der Waals surface area contributed by atoms with Gasteiger partial charge in [0, 0.05) is 23.4 Å². The Hall–Kier alpha value is -1.64. The van der Waals surface area contributed by atoms with Crippen LogP contribution in [-0.2, 0) is 4.79 Å². The number of piperidine rings is 1. The summed E-state index contributed by atoms with van der Waals surface area (Å²) in [5, 5.41) is 0. The summed E-state index contributed by atoms with van der Waals surface area (Å²) in [7, 11) is 0. The molecule has 2 bridgehead atoms. The third-order valence-corrected chi connectivity index (χ3v) is 4.26. The molecule has 1 aliphatic carbocycles. The second-order valence-electron chi connectivity index (χ2n) is 4.94. The highest BCUT2D eigenvalue weighted by Gasteiger charge is 2.56. The van der Waals surface area contributed by atoms with Gasteiger partial charge in [-0.3, -0.25) is 14.5 Å². The van der Waals surface area contributed by atoms with Crippen LogP contribution in [0.15, 0.2) is 24.3 Å². The minimum absolute atomic E-state index is 0.0563. The fourth-order valence-electron chi connectivity index (χ4n) is 3.59. The lowest BCUT2D eigenvalue weighted by atomic mass is 9.83. The number of benzene rings is 1. The van der Waals surface area contributed by atoms with Gasteiger partial charge in [0.2, 0.25) is 5.91 Å². The van der Waals surface area contributed by atoms with Crippen molar-refractivity contribution in [1.29, 1.82) is 0 Å². The van der Waals surface area contributed by atoms with Crippen molar-refractivity contribution in [2.24, 2.45) is 5.92 Å². The largest absolute Gasteiger partial charge is 0.274 e.